The van der Waals surface area contributed by atoms with Crippen LogP contribution in [0.1, 0.15) is 48.2 Å². The molecule has 0 aliphatic carbocycles. The highest BCUT2D eigenvalue weighted by Crippen LogP contribution is 2.21. The van der Waals surface area contributed by atoms with Gasteiger partial charge in [0.15, 0.2) is 0 Å². The average Bonchev–Trinajstić information content (AvgIpc) is 2.91. The topological polar surface area (TPSA) is 126 Å². The lowest BCUT2D eigenvalue weighted by Gasteiger charge is -2.27. The number of ether oxygens (including phenoxy) is 2. The molecule has 1 heterocycles. The average molecular weight is 553 g/mol. The van der Waals surface area contributed by atoms with Crippen LogP contribution in [0.25, 0.3) is 0 Å². The SMILES string of the molecule is Cc1cccc(OCCNC(=O)[C@@H]2CC(=O)N[C@H](CC(C)C)C(=O)N(C)CCOc3ccccc3C(=O)N2)c1C. The third-order valence-electron chi connectivity index (χ3n) is 6.76. The van der Waals surface area contributed by atoms with Gasteiger partial charge in [-0.15, -0.1) is 0 Å². The summed E-state index contributed by atoms with van der Waals surface area (Å²) in [4.78, 5) is 54.1. The summed E-state index contributed by atoms with van der Waals surface area (Å²) in [5.74, 6) is -0.659. The van der Waals surface area contributed by atoms with Crippen molar-refractivity contribution in [2.45, 2.75) is 52.6 Å². The molecule has 2 aromatic rings. The van der Waals surface area contributed by atoms with Crippen LogP contribution in [-0.4, -0.2) is 74.0 Å². The molecule has 4 amide bonds. The zero-order valence-electron chi connectivity index (χ0n) is 23.9. The Morgan fingerprint density at radius 1 is 1.10 bits per heavy atom. The van der Waals surface area contributed by atoms with Crippen molar-refractivity contribution in [1.29, 1.82) is 0 Å². The maximum absolute atomic E-state index is 13.2. The summed E-state index contributed by atoms with van der Waals surface area (Å²) in [6.45, 7) is 8.67. The molecule has 40 heavy (non-hydrogen) atoms. The fourth-order valence-electron chi connectivity index (χ4n) is 4.36. The molecule has 1 aliphatic rings. The molecule has 0 aromatic heterocycles. The van der Waals surface area contributed by atoms with Gasteiger partial charge in [0.1, 0.15) is 36.8 Å². The first-order valence-electron chi connectivity index (χ1n) is 13.6. The third-order valence-corrected chi connectivity index (χ3v) is 6.76. The van der Waals surface area contributed by atoms with Crippen molar-refractivity contribution in [3.05, 3.63) is 59.2 Å². The van der Waals surface area contributed by atoms with Gasteiger partial charge in [-0.2, -0.15) is 0 Å². The number of nitrogens with zero attached hydrogens (tertiary/aromatic N) is 1. The minimum atomic E-state index is -1.18. The Bertz CT molecular complexity index is 1210. The van der Waals surface area contributed by atoms with Gasteiger partial charge in [-0.05, 0) is 55.5 Å². The zero-order chi connectivity index (χ0) is 29.2. The molecule has 0 radical (unpaired) electrons. The number of benzene rings is 2. The maximum Gasteiger partial charge on any atom is 0.255 e. The standard InChI is InChI=1S/C30H40N4O6/c1-19(2)17-24-30(38)34(5)14-16-40-26-11-7-6-10-22(26)28(36)33-23(18-27(35)32-24)29(37)31-13-15-39-25-12-8-9-20(3)21(25)4/h6-12,19,23-24H,13-18H2,1-5H3,(H,31,37)(H,32,35)(H,33,36)/t23-,24+/m0/s1. The molecule has 0 bridgehead atoms. The van der Waals surface area contributed by atoms with Crippen LogP contribution in [0.15, 0.2) is 42.5 Å². The van der Waals surface area contributed by atoms with E-state index in [0.717, 1.165) is 16.9 Å². The number of carbonyl (C=O) groups is 4. The number of carbonyl (C=O) groups excluding carboxylic acids is 4. The number of para-hydroxylation sites is 1. The molecular weight excluding hydrogens is 512 g/mol. The fourth-order valence-corrected chi connectivity index (χ4v) is 4.36. The Hall–Kier alpha value is -4.08. The van der Waals surface area contributed by atoms with E-state index in [4.69, 9.17) is 9.47 Å². The molecule has 216 valence electrons. The van der Waals surface area contributed by atoms with Crippen LogP contribution in [0, 0.1) is 19.8 Å². The summed E-state index contributed by atoms with van der Waals surface area (Å²) in [7, 11) is 1.65. The summed E-state index contributed by atoms with van der Waals surface area (Å²) >= 11 is 0. The molecule has 2 atom stereocenters. The van der Waals surface area contributed by atoms with Gasteiger partial charge in [-0.3, -0.25) is 19.2 Å². The third kappa shape index (κ3) is 8.46. The lowest BCUT2D eigenvalue weighted by Crippen LogP contribution is -2.53. The minimum Gasteiger partial charge on any atom is -0.491 e. The van der Waals surface area contributed by atoms with Crippen LogP contribution in [0.3, 0.4) is 0 Å². The molecule has 0 fully saturated rings. The van der Waals surface area contributed by atoms with E-state index in [1.807, 2.05) is 45.9 Å². The molecule has 3 N–H and O–H groups in total. The number of likely N-dealkylation sites (N-methyl/N-ethyl adjacent to an activating group) is 1. The first-order valence-corrected chi connectivity index (χ1v) is 13.6. The largest absolute Gasteiger partial charge is 0.491 e. The van der Waals surface area contributed by atoms with Crippen LogP contribution < -0.4 is 25.4 Å². The molecule has 10 nitrogen and oxygen atoms in total. The quantitative estimate of drug-likeness (QED) is 0.453. The van der Waals surface area contributed by atoms with Gasteiger partial charge in [0.2, 0.25) is 17.7 Å². The van der Waals surface area contributed by atoms with E-state index in [1.165, 1.54) is 4.90 Å². The number of rotatable bonds is 7. The second-order valence-electron chi connectivity index (χ2n) is 10.4. The molecule has 0 saturated heterocycles. The monoisotopic (exact) mass is 552 g/mol. The normalized spacial score (nSPS) is 18.6. The molecule has 0 saturated carbocycles. The molecule has 2 aromatic carbocycles. The summed E-state index contributed by atoms with van der Waals surface area (Å²) in [6.07, 6.45) is 0.0849. The van der Waals surface area contributed by atoms with E-state index in [-0.39, 0.29) is 50.1 Å². The zero-order valence-corrected chi connectivity index (χ0v) is 23.9. The van der Waals surface area contributed by atoms with Crippen LogP contribution in [0.5, 0.6) is 11.5 Å². The molecule has 0 spiro atoms. The first-order chi connectivity index (χ1) is 19.1. The molecule has 10 heteroatoms. The minimum absolute atomic E-state index is 0.139. The number of aryl methyl sites for hydroxylation is 1. The maximum atomic E-state index is 13.2. The first kappa shape index (κ1) is 30.5. The van der Waals surface area contributed by atoms with E-state index < -0.39 is 29.8 Å². The Morgan fingerprint density at radius 3 is 2.60 bits per heavy atom. The van der Waals surface area contributed by atoms with E-state index in [9.17, 15) is 19.2 Å². The van der Waals surface area contributed by atoms with Crippen LogP contribution in [0.4, 0.5) is 0 Å². The Morgan fingerprint density at radius 2 is 1.85 bits per heavy atom. The molecule has 3 rings (SSSR count). The Balaban J connectivity index is 1.77. The van der Waals surface area contributed by atoms with Crippen molar-refractivity contribution >= 4 is 23.6 Å². The number of hydrogen-bond acceptors (Lipinski definition) is 6. The van der Waals surface area contributed by atoms with Crippen LogP contribution in [0.2, 0.25) is 0 Å². The molecular formula is C30H40N4O6. The lowest BCUT2D eigenvalue weighted by atomic mass is 10.0. The van der Waals surface area contributed by atoms with E-state index in [2.05, 4.69) is 16.0 Å². The molecule has 0 unspecified atom stereocenters. The van der Waals surface area contributed by atoms with Crippen molar-refractivity contribution in [2.75, 3.05) is 33.4 Å². The van der Waals surface area contributed by atoms with Crippen LogP contribution >= 0.6 is 0 Å². The Labute approximate surface area is 235 Å². The highest BCUT2D eigenvalue weighted by atomic mass is 16.5. The highest BCUT2D eigenvalue weighted by Gasteiger charge is 2.30. The fraction of sp³-hybridized carbons (Fsp3) is 0.467. The Kier molecular flexibility index (Phi) is 10.9. The number of nitrogens with one attached hydrogen (secondary N) is 3. The summed E-state index contributed by atoms with van der Waals surface area (Å²) in [5, 5.41) is 8.21. The van der Waals surface area contributed by atoms with Gasteiger partial charge < -0.3 is 30.3 Å². The number of amides is 4. The highest BCUT2D eigenvalue weighted by molar-refractivity contribution is 6.01. The predicted molar refractivity (Wildman–Crippen MR) is 151 cm³/mol. The van der Waals surface area contributed by atoms with Crippen molar-refractivity contribution in [3.63, 3.8) is 0 Å². The van der Waals surface area contributed by atoms with Gasteiger partial charge in [0, 0.05) is 7.05 Å². The number of hydrogen-bond donors (Lipinski definition) is 3. The van der Waals surface area contributed by atoms with Gasteiger partial charge in [-0.25, -0.2) is 0 Å². The van der Waals surface area contributed by atoms with Gasteiger partial charge >= 0.3 is 0 Å². The second kappa shape index (κ2) is 14.3. The van der Waals surface area contributed by atoms with Crippen LogP contribution in [-0.2, 0) is 14.4 Å². The summed E-state index contributed by atoms with van der Waals surface area (Å²) < 4.78 is 11.6. The van der Waals surface area contributed by atoms with Crippen molar-refractivity contribution in [1.82, 2.24) is 20.9 Å². The van der Waals surface area contributed by atoms with Gasteiger partial charge in [-0.1, -0.05) is 38.1 Å². The summed E-state index contributed by atoms with van der Waals surface area (Å²) in [5.41, 5.74) is 2.34. The van der Waals surface area contributed by atoms with Gasteiger partial charge in [0.25, 0.3) is 5.91 Å². The van der Waals surface area contributed by atoms with E-state index in [1.54, 1.807) is 31.3 Å². The van der Waals surface area contributed by atoms with E-state index >= 15 is 0 Å². The predicted octanol–water partition coefficient (Wildman–Crippen LogP) is 2.37. The molecule has 1 aliphatic heterocycles. The number of fused-ring (bicyclic) bond motifs is 1. The van der Waals surface area contributed by atoms with Crippen molar-refractivity contribution < 1.29 is 28.7 Å². The van der Waals surface area contributed by atoms with Crippen molar-refractivity contribution in [2.24, 2.45) is 5.92 Å². The second-order valence-corrected chi connectivity index (χ2v) is 10.4. The van der Waals surface area contributed by atoms with Gasteiger partial charge in [0.05, 0.1) is 25.1 Å². The lowest BCUT2D eigenvalue weighted by molar-refractivity contribution is -0.136. The summed E-state index contributed by atoms with van der Waals surface area (Å²) in [6, 6.07) is 10.4. The van der Waals surface area contributed by atoms with Crippen molar-refractivity contribution in [3.8, 4) is 11.5 Å². The van der Waals surface area contributed by atoms with E-state index in [0.29, 0.717) is 12.2 Å². The smallest absolute Gasteiger partial charge is 0.255 e.